The SMILES string of the molecule is Cc1c2c(nc3c1ccc1ccccc13)C=C[C@H](O)[C@H]2O. The van der Waals surface area contributed by atoms with Crippen LogP contribution in [0.3, 0.4) is 0 Å². The van der Waals surface area contributed by atoms with Gasteiger partial charge in [-0.2, -0.15) is 0 Å². The molecule has 0 aliphatic heterocycles. The zero-order valence-electron chi connectivity index (χ0n) is 11.6. The molecule has 4 rings (SSSR count). The van der Waals surface area contributed by atoms with E-state index >= 15 is 0 Å². The van der Waals surface area contributed by atoms with Crippen LogP contribution in [0.4, 0.5) is 0 Å². The van der Waals surface area contributed by atoms with Gasteiger partial charge in [-0.1, -0.05) is 42.5 Å². The topological polar surface area (TPSA) is 53.4 Å². The minimum Gasteiger partial charge on any atom is -0.386 e. The summed E-state index contributed by atoms with van der Waals surface area (Å²) in [6.07, 6.45) is 1.61. The number of fused-ring (bicyclic) bond motifs is 4. The van der Waals surface area contributed by atoms with Gasteiger partial charge in [0.15, 0.2) is 0 Å². The zero-order valence-corrected chi connectivity index (χ0v) is 11.6. The van der Waals surface area contributed by atoms with Crippen LogP contribution in [0.2, 0.25) is 0 Å². The van der Waals surface area contributed by atoms with E-state index in [0.717, 1.165) is 38.5 Å². The lowest BCUT2D eigenvalue weighted by molar-refractivity contribution is 0.0464. The number of aliphatic hydroxyl groups excluding tert-OH is 2. The summed E-state index contributed by atoms with van der Waals surface area (Å²) < 4.78 is 0. The van der Waals surface area contributed by atoms with Crippen molar-refractivity contribution in [2.24, 2.45) is 0 Å². The summed E-state index contributed by atoms with van der Waals surface area (Å²) in [4.78, 5) is 4.73. The Bertz CT molecular complexity index is 898. The van der Waals surface area contributed by atoms with Crippen molar-refractivity contribution < 1.29 is 10.2 Å². The van der Waals surface area contributed by atoms with Crippen LogP contribution < -0.4 is 0 Å². The molecule has 104 valence electrons. The smallest absolute Gasteiger partial charge is 0.111 e. The van der Waals surface area contributed by atoms with Gasteiger partial charge in [-0.3, -0.25) is 0 Å². The van der Waals surface area contributed by atoms with Crippen LogP contribution in [-0.2, 0) is 0 Å². The Hall–Kier alpha value is -2.23. The number of aryl methyl sites for hydroxylation is 1. The van der Waals surface area contributed by atoms with E-state index in [0.29, 0.717) is 0 Å². The molecule has 2 N–H and O–H groups in total. The Kier molecular flexibility index (Phi) is 2.61. The molecular formula is C18H15NO2. The molecule has 0 unspecified atom stereocenters. The highest BCUT2D eigenvalue weighted by atomic mass is 16.3. The van der Waals surface area contributed by atoms with Gasteiger partial charge in [-0.05, 0) is 23.9 Å². The summed E-state index contributed by atoms with van der Waals surface area (Å²) in [5, 5.41) is 23.3. The largest absolute Gasteiger partial charge is 0.386 e. The van der Waals surface area contributed by atoms with E-state index in [4.69, 9.17) is 4.98 Å². The second-order valence-electron chi connectivity index (χ2n) is 5.51. The van der Waals surface area contributed by atoms with E-state index in [9.17, 15) is 10.2 Å². The Morgan fingerprint density at radius 1 is 1.00 bits per heavy atom. The van der Waals surface area contributed by atoms with E-state index in [1.54, 1.807) is 12.2 Å². The van der Waals surface area contributed by atoms with Gasteiger partial charge in [0, 0.05) is 16.3 Å². The minimum atomic E-state index is -0.909. The first-order valence-electron chi connectivity index (χ1n) is 7.03. The van der Waals surface area contributed by atoms with Crippen molar-refractivity contribution in [2.45, 2.75) is 19.1 Å². The molecule has 0 saturated heterocycles. The number of aliphatic hydroxyl groups is 2. The van der Waals surface area contributed by atoms with Crippen molar-refractivity contribution >= 4 is 27.8 Å². The molecular weight excluding hydrogens is 262 g/mol. The van der Waals surface area contributed by atoms with Crippen molar-refractivity contribution in [3.8, 4) is 0 Å². The predicted octanol–water partition coefficient (Wildman–Crippen LogP) is 3.12. The number of pyridine rings is 1. The molecule has 0 saturated carbocycles. The fourth-order valence-corrected chi connectivity index (χ4v) is 3.16. The lowest BCUT2D eigenvalue weighted by atomic mass is 9.90. The molecule has 1 heterocycles. The molecule has 3 aromatic rings. The van der Waals surface area contributed by atoms with Gasteiger partial charge >= 0.3 is 0 Å². The zero-order chi connectivity index (χ0) is 14.6. The summed E-state index contributed by atoms with van der Waals surface area (Å²) in [5.74, 6) is 0. The average Bonchev–Trinajstić information content (AvgIpc) is 2.51. The van der Waals surface area contributed by atoms with Crippen LogP contribution in [0, 0.1) is 6.92 Å². The van der Waals surface area contributed by atoms with Gasteiger partial charge < -0.3 is 10.2 Å². The summed E-state index contributed by atoms with van der Waals surface area (Å²) in [5.41, 5.74) is 3.40. The Morgan fingerprint density at radius 3 is 2.67 bits per heavy atom. The first kappa shape index (κ1) is 12.5. The maximum Gasteiger partial charge on any atom is 0.111 e. The van der Waals surface area contributed by atoms with Gasteiger partial charge in [-0.25, -0.2) is 4.98 Å². The van der Waals surface area contributed by atoms with Crippen LogP contribution in [0.25, 0.3) is 27.8 Å². The molecule has 2 atom stereocenters. The van der Waals surface area contributed by atoms with Crippen LogP contribution in [0.1, 0.15) is 22.9 Å². The van der Waals surface area contributed by atoms with E-state index in [-0.39, 0.29) is 0 Å². The molecule has 0 amide bonds. The molecule has 0 spiro atoms. The average molecular weight is 277 g/mol. The molecule has 1 aliphatic rings. The fourth-order valence-electron chi connectivity index (χ4n) is 3.16. The fraction of sp³-hybridized carbons (Fsp3) is 0.167. The van der Waals surface area contributed by atoms with E-state index in [1.807, 2.05) is 25.1 Å². The molecule has 0 bridgehead atoms. The molecule has 3 heteroatoms. The van der Waals surface area contributed by atoms with Gasteiger partial charge in [0.05, 0.1) is 11.2 Å². The molecule has 1 aromatic heterocycles. The molecule has 1 aliphatic carbocycles. The predicted molar refractivity (Wildman–Crippen MR) is 84.0 cm³/mol. The summed E-state index contributed by atoms with van der Waals surface area (Å²) in [6, 6.07) is 12.3. The van der Waals surface area contributed by atoms with Crippen molar-refractivity contribution in [3.63, 3.8) is 0 Å². The van der Waals surface area contributed by atoms with E-state index < -0.39 is 12.2 Å². The highest BCUT2D eigenvalue weighted by molar-refractivity contribution is 6.06. The second-order valence-corrected chi connectivity index (χ2v) is 5.51. The van der Waals surface area contributed by atoms with Crippen molar-refractivity contribution in [1.29, 1.82) is 0 Å². The number of hydrogen-bond donors (Lipinski definition) is 2. The third kappa shape index (κ3) is 1.71. The maximum absolute atomic E-state index is 10.2. The third-order valence-electron chi connectivity index (χ3n) is 4.29. The van der Waals surface area contributed by atoms with Gasteiger partial charge in [0.1, 0.15) is 12.2 Å². The highest BCUT2D eigenvalue weighted by Crippen LogP contribution is 2.35. The minimum absolute atomic E-state index is 0.729. The summed E-state index contributed by atoms with van der Waals surface area (Å²) >= 11 is 0. The van der Waals surface area contributed by atoms with Crippen LogP contribution in [0.15, 0.2) is 42.5 Å². The van der Waals surface area contributed by atoms with E-state index in [2.05, 4.69) is 18.2 Å². The molecule has 2 aromatic carbocycles. The number of nitrogens with zero attached hydrogens (tertiary/aromatic N) is 1. The number of hydrogen-bond acceptors (Lipinski definition) is 3. The Labute approximate surface area is 122 Å². The van der Waals surface area contributed by atoms with Crippen molar-refractivity contribution in [1.82, 2.24) is 4.98 Å². The number of benzene rings is 2. The van der Waals surface area contributed by atoms with Gasteiger partial charge in [-0.15, -0.1) is 0 Å². The summed E-state index contributed by atoms with van der Waals surface area (Å²) in [7, 11) is 0. The number of aromatic nitrogens is 1. The quantitative estimate of drug-likeness (QED) is 0.621. The third-order valence-corrected chi connectivity index (χ3v) is 4.29. The molecule has 0 fully saturated rings. The molecule has 0 radical (unpaired) electrons. The Balaban J connectivity index is 2.16. The molecule has 21 heavy (non-hydrogen) atoms. The lowest BCUT2D eigenvalue weighted by Crippen LogP contribution is -2.21. The second kappa shape index (κ2) is 4.38. The summed E-state index contributed by atoms with van der Waals surface area (Å²) in [6.45, 7) is 1.98. The van der Waals surface area contributed by atoms with Gasteiger partial charge in [0.2, 0.25) is 0 Å². The molecule has 3 nitrogen and oxygen atoms in total. The number of rotatable bonds is 0. The van der Waals surface area contributed by atoms with E-state index in [1.165, 1.54) is 0 Å². The standard InChI is InChI=1S/C18H15NO2/c1-10-12-7-6-11-4-2-3-5-13(11)17(12)19-14-8-9-15(20)18(21)16(10)14/h2-9,15,18,20-21H,1H3/t15-,18+/m0/s1. The highest BCUT2D eigenvalue weighted by Gasteiger charge is 2.26. The van der Waals surface area contributed by atoms with Crippen LogP contribution >= 0.6 is 0 Å². The van der Waals surface area contributed by atoms with Crippen molar-refractivity contribution in [2.75, 3.05) is 0 Å². The first-order chi connectivity index (χ1) is 10.2. The normalized spacial score (nSPS) is 20.9. The maximum atomic E-state index is 10.2. The first-order valence-corrected chi connectivity index (χ1v) is 7.03. The van der Waals surface area contributed by atoms with Crippen LogP contribution in [-0.4, -0.2) is 21.3 Å². The van der Waals surface area contributed by atoms with Crippen LogP contribution in [0.5, 0.6) is 0 Å². The van der Waals surface area contributed by atoms with Gasteiger partial charge in [0.25, 0.3) is 0 Å². The Morgan fingerprint density at radius 2 is 1.81 bits per heavy atom. The monoisotopic (exact) mass is 277 g/mol. The lowest BCUT2D eigenvalue weighted by Gasteiger charge is -2.24. The van der Waals surface area contributed by atoms with Crippen molar-refractivity contribution in [3.05, 3.63) is 59.3 Å².